The maximum Gasteiger partial charge on any atom is 0.530 e. The summed E-state index contributed by atoms with van der Waals surface area (Å²) in [5.41, 5.74) is -2.01. The third kappa shape index (κ3) is 3.46. The molecule has 4 rings (SSSR count). The summed E-state index contributed by atoms with van der Waals surface area (Å²) in [6.45, 7) is -0.201. The van der Waals surface area contributed by atoms with E-state index >= 15 is 0 Å². The first-order valence-electron chi connectivity index (χ1n) is 7.88. The number of H-pyrrole nitrogens is 1. The second kappa shape index (κ2) is 6.68. The lowest BCUT2D eigenvalue weighted by atomic mass is 10.2. The third-order valence-electron chi connectivity index (χ3n) is 4.12. The molecule has 0 spiro atoms. The Labute approximate surface area is 150 Å². The van der Waals surface area contributed by atoms with E-state index in [-0.39, 0.29) is 18.8 Å². The molecule has 1 N–H and O–H groups in total. The molecule has 0 amide bonds. The predicted octanol–water partition coefficient (Wildman–Crippen LogP) is 1.70. The predicted molar refractivity (Wildman–Crippen MR) is 85.3 cm³/mol. The van der Waals surface area contributed by atoms with E-state index in [9.17, 15) is 22.9 Å². The van der Waals surface area contributed by atoms with Crippen LogP contribution < -0.4 is 15.8 Å². The zero-order valence-electron chi connectivity index (χ0n) is 13.5. The van der Waals surface area contributed by atoms with Gasteiger partial charge in [0.25, 0.3) is 5.56 Å². The number of fused-ring (bicyclic) bond motifs is 1. The van der Waals surface area contributed by atoms with Gasteiger partial charge in [-0.3, -0.25) is 23.4 Å². The number of hydrogen-bond donors (Lipinski definition) is 1. The Bertz CT molecular complexity index is 1040. The van der Waals surface area contributed by atoms with Gasteiger partial charge in [0.1, 0.15) is 18.4 Å². The molecule has 1 aromatic carbocycles. The molecule has 144 valence electrons. The van der Waals surface area contributed by atoms with Crippen molar-refractivity contribution in [3.63, 3.8) is 0 Å². The highest BCUT2D eigenvalue weighted by atomic mass is 31.2. The molecule has 27 heavy (non-hydrogen) atoms. The molecule has 0 radical (unpaired) electrons. The lowest BCUT2D eigenvalue weighted by Crippen LogP contribution is -2.34. The van der Waals surface area contributed by atoms with E-state index in [0.29, 0.717) is 0 Å². The largest absolute Gasteiger partial charge is 0.530 e. The van der Waals surface area contributed by atoms with Crippen LogP contribution in [0.5, 0.6) is 5.75 Å². The number of aromatic nitrogens is 2. The number of benzene rings is 1. The summed E-state index contributed by atoms with van der Waals surface area (Å²) in [6.07, 6.45) is -1.74. The van der Waals surface area contributed by atoms with Crippen molar-refractivity contribution in [1.82, 2.24) is 9.55 Å². The minimum atomic E-state index is -4.12. The number of halogens is 2. The molecule has 0 bridgehead atoms. The van der Waals surface area contributed by atoms with E-state index < -0.39 is 49.1 Å². The second-order valence-corrected chi connectivity index (χ2v) is 7.46. The standard InChI is InChI=1S/C15H13F2N2O7P/c16-8-3-1-2-4-10(8)25-27(22)23-7-12-11(26-27)5-13(24-12)19-6-9(17)14(20)18-15(19)21/h1-4,6,11-13H,5,7H2,(H,18,20,21)/t11-,12+,13+,27?/m0/s1. The maximum atomic E-state index is 13.7. The van der Waals surface area contributed by atoms with Gasteiger partial charge in [0.2, 0.25) is 5.82 Å². The van der Waals surface area contributed by atoms with Crippen LogP contribution in [-0.4, -0.2) is 28.4 Å². The molecule has 12 heteroatoms. The van der Waals surface area contributed by atoms with E-state index in [0.717, 1.165) is 16.8 Å². The SMILES string of the molecule is O=c1[nH]c(=O)n([C@H]2C[C@@H]3OP(=O)(Oc4ccccc4F)OC[C@H]3O2)cc1F. The second-order valence-electron chi connectivity index (χ2n) is 5.92. The van der Waals surface area contributed by atoms with E-state index in [2.05, 4.69) is 0 Å². The highest BCUT2D eigenvalue weighted by Crippen LogP contribution is 2.56. The summed E-state index contributed by atoms with van der Waals surface area (Å²) >= 11 is 0. The Balaban J connectivity index is 1.52. The minimum Gasteiger partial charge on any atom is -0.401 e. The molecular weight excluding hydrogens is 389 g/mol. The van der Waals surface area contributed by atoms with E-state index in [1.54, 1.807) is 0 Å². The summed E-state index contributed by atoms with van der Waals surface area (Å²) in [6, 6.07) is 5.32. The monoisotopic (exact) mass is 402 g/mol. The molecule has 2 aromatic rings. The molecule has 1 unspecified atom stereocenters. The summed E-state index contributed by atoms with van der Waals surface area (Å²) < 4.78 is 61.8. The molecule has 1 aromatic heterocycles. The molecule has 2 aliphatic heterocycles. The number of nitrogens with one attached hydrogen (secondary N) is 1. The molecule has 2 fully saturated rings. The van der Waals surface area contributed by atoms with Crippen LogP contribution >= 0.6 is 7.82 Å². The normalized spacial score (nSPS) is 30.1. The summed E-state index contributed by atoms with van der Waals surface area (Å²) in [5, 5.41) is 0. The van der Waals surface area contributed by atoms with Crippen LogP contribution in [0, 0.1) is 11.6 Å². The average molecular weight is 402 g/mol. The van der Waals surface area contributed by atoms with Crippen molar-refractivity contribution in [2.45, 2.75) is 24.9 Å². The molecule has 4 atom stereocenters. The zero-order chi connectivity index (χ0) is 19.2. The van der Waals surface area contributed by atoms with Crippen molar-refractivity contribution in [1.29, 1.82) is 0 Å². The minimum absolute atomic E-state index is 0.0179. The topological polar surface area (TPSA) is 109 Å². The number of ether oxygens (including phenoxy) is 1. The summed E-state index contributed by atoms with van der Waals surface area (Å²) in [4.78, 5) is 24.8. The number of aromatic amines is 1. The fourth-order valence-corrected chi connectivity index (χ4v) is 4.28. The smallest absolute Gasteiger partial charge is 0.401 e. The van der Waals surface area contributed by atoms with Crippen LogP contribution in [0.25, 0.3) is 0 Å². The van der Waals surface area contributed by atoms with Gasteiger partial charge >= 0.3 is 13.5 Å². The van der Waals surface area contributed by atoms with Crippen molar-refractivity contribution in [3.05, 3.63) is 62.9 Å². The van der Waals surface area contributed by atoms with Gasteiger partial charge < -0.3 is 9.26 Å². The van der Waals surface area contributed by atoms with Gasteiger partial charge in [0.15, 0.2) is 11.6 Å². The lowest BCUT2D eigenvalue weighted by molar-refractivity contribution is -0.0669. The van der Waals surface area contributed by atoms with Crippen LogP contribution in [0.1, 0.15) is 12.6 Å². The number of para-hydroxylation sites is 1. The molecule has 9 nitrogen and oxygen atoms in total. The van der Waals surface area contributed by atoms with Crippen molar-refractivity contribution in [2.24, 2.45) is 0 Å². The number of rotatable bonds is 3. The van der Waals surface area contributed by atoms with E-state index in [1.165, 1.54) is 18.2 Å². The van der Waals surface area contributed by atoms with Gasteiger partial charge in [-0.25, -0.2) is 13.8 Å². The van der Waals surface area contributed by atoms with Crippen LogP contribution in [0.2, 0.25) is 0 Å². The lowest BCUT2D eigenvalue weighted by Gasteiger charge is -2.29. The van der Waals surface area contributed by atoms with Gasteiger partial charge in [0, 0.05) is 6.42 Å². The first kappa shape index (κ1) is 18.1. The fourth-order valence-electron chi connectivity index (χ4n) is 2.85. The maximum absolute atomic E-state index is 13.7. The van der Waals surface area contributed by atoms with Crippen LogP contribution in [-0.2, 0) is 18.3 Å². The van der Waals surface area contributed by atoms with Gasteiger partial charge in [-0.05, 0) is 12.1 Å². The van der Waals surface area contributed by atoms with Gasteiger partial charge in [-0.1, -0.05) is 12.1 Å². The van der Waals surface area contributed by atoms with Gasteiger partial charge in [0.05, 0.1) is 12.8 Å². The Kier molecular flexibility index (Phi) is 4.47. The zero-order valence-corrected chi connectivity index (χ0v) is 14.4. The number of phosphoric acid groups is 1. The van der Waals surface area contributed by atoms with Crippen molar-refractivity contribution < 1.29 is 31.7 Å². The Hall–Kier alpha value is -2.33. The van der Waals surface area contributed by atoms with E-state index in [4.69, 9.17) is 18.3 Å². The fraction of sp³-hybridized carbons (Fsp3) is 0.333. The van der Waals surface area contributed by atoms with Crippen molar-refractivity contribution in [3.8, 4) is 5.75 Å². The van der Waals surface area contributed by atoms with E-state index in [1.807, 2.05) is 4.98 Å². The van der Waals surface area contributed by atoms with Gasteiger partial charge in [-0.2, -0.15) is 4.39 Å². The van der Waals surface area contributed by atoms with Crippen LogP contribution in [0.3, 0.4) is 0 Å². The molecular formula is C15H13F2N2O7P. The number of phosphoric ester groups is 1. The first-order chi connectivity index (χ1) is 12.8. The first-order valence-corrected chi connectivity index (χ1v) is 9.34. The quantitative estimate of drug-likeness (QED) is 0.779. The average Bonchev–Trinajstić information content (AvgIpc) is 3.02. The van der Waals surface area contributed by atoms with Crippen molar-refractivity contribution >= 4 is 7.82 Å². The van der Waals surface area contributed by atoms with Crippen LogP contribution in [0.4, 0.5) is 8.78 Å². The van der Waals surface area contributed by atoms with Crippen molar-refractivity contribution in [2.75, 3.05) is 6.61 Å². The molecule has 0 aliphatic carbocycles. The van der Waals surface area contributed by atoms with Gasteiger partial charge in [-0.15, -0.1) is 0 Å². The molecule has 2 aliphatic rings. The summed E-state index contributed by atoms with van der Waals surface area (Å²) in [7, 11) is -4.12. The Morgan fingerprint density at radius 3 is 2.74 bits per heavy atom. The molecule has 3 heterocycles. The molecule has 2 saturated heterocycles. The summed E-state index contributed by atoms with van der Waals surface area (Å²) in [5.74, 6) is -2.19. The highest BCUT2D eigenvalue weighted by molar-refractivity contribution is 7.49. The Morgan fingerprint density at radius 2 is 1.96 bits per heavy atom. The third-order valence-corrected chi connectivity index (χ3v) is 5.54. The number of nitrogens with zero attached hydrogens (tertiary/aromatic N) is 1. The Morgan fingerprint density at radius 1 is 1.19 bits per heavy atom. The molecule has 0 saturated carbocycles. The number of hydrogen-bond acceptors (Lipinski definition) is 7. The van der Waals surface area contributed by atoms with Crippen LogP contribution in [0.15, 0.2) is 40.1 Å². The highest BCUT2D eigenvalue weighted by Gasteiger charge is 2.49.